The molecule has 1 unspecified atom stereocenters. The van der Waals surface area contributed by atoms with Crippen molar-refractivity contribution in [3.05, 3.63) is 28.3 Å². The van der Waals surface area contributed by atoms with E-state index in [0.717, 1.165) is 17.9 Å². The van der Waals surface area contributed by atoms with E-state index >= 15 is 0 Å². The van der Waals surface area contributed by atoms with Gasteiger partial charge in [0.1, 0.15) is 5.75 Å². The highest BCUT2D eigenvalue weighted by Crippen LogP contribution is 2.34. The number of hydrogen-bond donors (Lipinski definition) is 1. The molecule has 14 heavy (non-hydrogen) atoms. The van der Waals surface area contributed by atoms with Gasteiger partial charge < -0.3 is 5.11 Å². The summed E-state index contributed by atoms with van der Waals surface area (Å²) in [6.07, 6.45) is 3.61. The molecule has 76 valence electrons. The molecule has 0 heterocycles. The Balaban J connectivity index is 2.57. The number of hydrogen-bond acceptors (Lipinski definition) is 1. The summed E-state index contributed by atoms with van der Waals surface area (Å²) in [7, 11) is 0. The van der Waals surface area contributed by atoms with E-state index in [0.29, 0.717) is 5.75 Å². The maximum absolute atomic E-state index is 9.74. The van der Waals surface area contributed by atoms with Crippen LogP contribution in [-0.2, 0) is 12.8 Å². The van der Waals surface area contributed by atoms with Crippen LogP contribution in [0.5, 0.6) is 5.75 Å². The van der Waals surface area contributed by atoms with E-state index in [1.807, 2.05) is 13.0 Å². The molecule has 1 aromatic carbocycles. The quantitative estimate of drug-likeness (QED) is 0.666. The van der Waals surface area contributed by atoms with Gasteiger partial charge in [-0.25, -0.2) is 0 Å². The Morgan fingerprint density at radius 1 is 1.29 bits per heavy atom. The molecular weight excluding hydrogens is 172 g/mol. The summed E-state index contributed by atoms with van der Waals surface area (Å²) in [6.45, 7) is 6.43. The molecule has 0 fully saturated rings. The zero-order valence-electron chi connectivity index (χ0n) is 9.22. The van der Waals surface area contributed by atoms with Gasteiger partial charge in [-0.05, 0) is 67.3 Å². The van der Waals surface area contributed by atoms with Crippen molar-refractivity contribution in [2.24, 2.45) is 5.92 Å². The van der Waals surface area contributed by atoms with Crippen molar-refractivity contribution in [1.82, 2.24) is 0 Å². The average molecular weight is 190 g/mol. The number of fused-ring (bicyclic) bond motifs is 1. The summed E-state index contributed by atoms with van der Waals surface area (Å²) < 4.78 is 0. The second-order valence-corrected chi connectivity index (χ2v) is 4.64. The standard InChI is InChI=1S/C13H18O/c1-8-4-5-11-9(2)7-13(14)10(3)12(11)6-8/h7-8,14H,4-6H2,1-3H3. The van der Waals surface area contributed by atoms with Crippen LogP contribution < -0.4 is 0 Å². The summed E-state index contributed by atoms with van der Waals surface area (Å²) in [4.78, 5) is 0. The maximum Gasteiger partial charge on any atom is 0.119 e. The Morgan fingerprint density at radius 2 is 2.00 bits per heavy atom. The molecule has 0 amide bonds. The zero-order chi connectivity index (χ0) is 10.3. The first-order valence-electron chi connectivity index (χ1n) is 5.40. The van der Waals surface area contributed by atoms with Crippen LogP contribution in [0.2, 0.25) is 0 Å². The minimum absolute atomic E-state index is 0.468. The minimum atomic E-state index is 0.468. The highest BCUT2D eigenvalue weighted by Gasteiger charge is 2.20. The van der Waals surface area contributed by atoms with Gasteiger partial charge in [0.25, 0.3) is 0 Å². The van der Waals surface area contributed by atoms with E-state index in [1.165, 1.54) is 29.5 Å². The third-order valence-electron chi connectivity index (χ3n) is 3.47. The van der Waals surface area contributed by atoms with Crippen molar-refractivity contribution in [1.29, 1.82) is 0 Å². The number of aryl methyl sites for hydroxylation is 1. The lowest BCUT2D eigenvalue weighted by Gasteiger charge is -2.25. The molecule has 1 aliphatic rings. The number of phenolic OH excluding ortho intramolecular Hbond substituents is 1. The molecule has 1 nitrogen and oxygen atoms in total. The maximum atomic E-state index is 9.74. The molecule has 0 saturated heterocycles. The molecule has 0 spiro atoms. The summed E-state index contributed by atoms with van der Waals surface area (Å²) in [5, 5.41) is 9.74. The number of aromatic hydroxyl groups is 1. The minimum Gasteiger partial charge on any atom is -0.508 e. The molecule has 1 N–H and O–H groups in total. The first kappa shape index (κ1) is 9.57. The Labute approximate surface area is 85.8 Å². The molecule has 0 saturated carbocycles. The van der Waals surface area contributed by atoms with E-state index in [-0.39, 0.29) is 0 Å². The molecule has 1 aliphatic carbocycles. The molecule has 1 aromatic rings. The van der Waals surface area contributed by atoms with Crippen LogP contribution in [-0.4, -0.2) is 5.11 Å². The summed E-state index contributed by atoms with van der Waals surface area (Å²) in [5.74, 6) is 1.23. The van der Waals surface area contributed by atoms with Crippen molar-refractivity contribution in [3.63, 3.8) is 0 Å². The van der Waals surface area contributed by atoms with E-state index < -0.39 is 0 Å². The number of phenols is 1. The van der Waals surface area contributed by atoms with Gasteiger partial charge in [0.15, 0.2) is 0 Å². The van der Waals surface area contributed by atoms with E-state index in [9.17, 15) is 5.11 Å². The van der Waals surface area contributed by atoms with Crippen LogP contribution in [0.15, 0.2) is 6.07 Å². The highest BCUT2D eigenvalue weighted by molar-refractivity contribution is 5.49. The van der Waals surface area contributed by atoms with E-state index in [2.05, 4.69) is 13.8 Å². The van der Waals surface area contributed by atoms with Crippen LogP contribution in [0, 0.1) is 19.8 Å². The molecule has 2 rings (SSSR count). The topological polar surface area (TPSA) is 20.2 Å². The van der Waals surface area contributed by atoms with Crippen LogP contribution >= 0.6 is 0 Å². The van der Waals surface area contributed by atoms with Gasteiger partial charge in [-0.3, -0.25) is 0 Å². The van der Waals surface area contributed by atoms with Crippen LogP contribution in [0.1, 0.15) is 35.6 Å². The molecule has 0 radical (unpaired) electrons. The Morgan fingerprint density at radius 3 is 2.71 bits per heavy atom. The Bertz CT molecular complexity index is 366. The predicted molar refractivity (Wildman–Crippen MR) is 58.8 cm³/mol. The number of benzene rings is 1. The molecule has 1 heteroatoms. The Kier molecular flexibility index (Phi) is 2.26. The van der Waals surface area contributed by atoms with Crippen molar-refractivity contribution in [2.75, 3.05) is 0 Å². The molecule has 0 aromatic heterocycles. The molecular formula is C13H18O. The first-order chi connectivity index (χ1) is 6.59. The van der Waals surface area contributed by atoms with Crippen molar-refractivity contribution in [2.45, 2.75) is 40.0 Å². The third kappa shape index (κ3) is 1.41. The average Bonchev–Trinajstić information content (AvgIpc) is 2.14. The lowest BCUT2D eigenvalue weighted by molar-refractivity contribution is 0.459. The van der Waals surface area contributed by atoms with Crippen LogP contribution in [0.25, 0.3) is 0 Å². The van der Waals surface area contributed by atoms with Gasteiger partial charge in [0.05, 0.1) is 0 Å². The Hall–Kier alpha value is -0.980. The van der Waals surface area contributed by atoms with Crippen molar-refractivity contribution >= 4 is 0 Å². The van der Waals surface area contributed by atoms with Crippen molar-refractivity contribution < 1.29 is 5.11 Å². The third-order valence-corrected chi connectivity index (χ3v) is 3.47. The first-order valence-corrected chi connectivity index (χ1v) is 5.40. The van der Waals surface area contributed by atoms with Crippen LogP contribution in [0.4, 0.5) is 0 Å². The van der Waals surface area contributed by atoms with E-state index in [4.69, 9.17) is 0 Å². The van der Waals surface area contributed by atoms with Gasteiger partial charge in [-0.1, -0.05) is 6.92 Å². The summed E-state index contributed by atoms with van der Waals surface area (Å²) >= 11 is 0. The van der Waals surface area contributed by atoms with Crippen molar-refractivity contribution in [3.8, 4) is 5.75 Å². The zero-order valence-corrected chi connectivity index (χ0v) is 9.22. The predicted octanol–water partition coefficient (Wildman–Crippen LogP) is 3.13. The van der Waals surface area contributed by atoms with Gasteiger partial charge in [0, 0.05) is 0 Å². The lowest BCUT2D eigenvalue weighted by Crippen LogP contribution is -2.14. The fourth-order valence-corrected chi connectivity index (χ4v) is 2.48. The monoisotopic (exact) mass is 190 g/mol. The smallest absolute Gasteiger partial charge is 0.119 e. The molecule has 0 bridgehead atoms. The van der Waals surface area contributed by atoms with Gasteiger partial charge in [0.2, 0.25) is 0 Å². The normalized spacial score (nSPS) is 20.6. The second kappa shape index (κ2) is 3.30. The molecule has 0 aliphatic heterocycles. The van der Waals surface area contributed by atoms with E-state index in [1.54, 1.807) is 0 Å². The second-order valence-electron chi connectivity index (χ2n) is 4.64. The summed E-state index contributed by atoms with van der Waals surface area (Å²) in [6, 6.07) is 1.91. The number of rotatable bonds is 0. The van der Waals surface area contributed by atoms with Gasteiger partial charge in [-0.15, -0.1) is 0 Å². The van der Waals surface area contributed by atoms with Gasteiger partial charge >= 0.3 is 0 Å². The van der Waals surface area contributed by atoms with Crippen LogP contribution in [0.3, 0.4) is 0 Å². The summed E-state index contributed by atoms with van der Waals surface area (Å²) in [5.41, 5.74) is 5.24. The highest BCUT2D eigenvalue weighted by atomic mass is 16.3. The SMILES string of the molecule is Cc1cc(O)c(C)c2c1CCC(C)C2. The largest absolute Gasteiger partial charge is 0.508 e. The fraction of sp³-hybridized carbons (Fsp3) is 0.538. The lowest BCUT2D eigenvalue weighted by atomic mass is 9.80. The van der Waals surface area contributed by atoms with Gasteiger partial charge in [-0.2, -0.15) is 0 Å². The fourth-order valence-electron chi connectivity index (χ4n) is 2.48. The molecule has 1 atom stereocenters.